The molecule has 118 valence electrons. The lowest BCUT2D eigenvalue weighted by Crippen LogP contribution is -2.63. The third kappa shape index (κ3) is 4.11. The minimum Gasteiger partial charge on any atom is -0.467 e. The van der Waals surface area contributed by atoms with Crippen LogP contribution in [0.5, 0.6) is 0 Å². The van der Waals surface area contributed by atoms with Gasteiger partial charge in [-0.3, -0.25) is 0 Å². The quantitative estimate of drug-likeness (QED) is 0.585. The van der Waals surface area contributed by atoms with Crippen LogP contribution in [0.25, 0.3) is 0 Å². The number of rotatable bonds is 3. The van der Waals surface area contributed by atoms with Gasteiger partial charge in [0.05, 0.1) is 24.0 Å². The molecule has 1 atom stereocenters. The van der Waals surface area contributed by atoms with Crippen LogP contribution in [-0.4, -0.2) is 50.7 Å². The largest absolute Gasteiger partial charge is 0.467 e. The number of sulfone groups is 1. The van der Waals surface area contributed by atoms with Gasteiger partial charge in [-0.25, -0.2) is 18.0 Å². The summed E-state index contributed by atoms with van der Waals surface area (Å²) in [6, 6.07) is -1.27. The van der Waals surface area contributed by atoms with Crippen molar-refractivity contribution in [2.75, 3.05) is 18.6 Å². The molecule has 1 fully saturated rings. The molecule has 0 aromatic rings. The first-order valence-electron chi connectivity index (χ1n) is 6.20. The second-order valence-corrected chi connectivity index (χ2v) is 8.00. The van der Waals surface area contributed by atoms with Gasteiger partial charge in [-0.2, -0.15) is 0 Å². The van der Waals surface area contributed by atoms with Gasteiger partial charge in [-0.1, -0.05) is 5.92 Å². The fourth-order valence-electron chi connectivity index (χ4n) is 2.04. The van der Waals surface area contributed by atoms with Crippen LogP contribution in [0.3, 0.4) is 0 Å². The normalized spacial score (nSPS) is 20.3. The van der Waals surface area contributed by atoms with Crippen LogP contribution < -0.4 is 5.32 Å². The number of methoxy groups -OCH3 is 1. The summed E-state index contributed by atoms with van der Waals surface area (Å²) in [5, 5.41) is 2.31. The van der Waals surface area contributed by atoms with Gasteiger partial charge >= 0.3 is 12.1 Å². The first-order chi connectivity index (χ1) is 9.45. The molecule has 0 aliphatic carbocycles. The highest BCUT2D eigenvalue weighted by Crippen LogP contribution is 2.36. The molecule has 1 rings (SSSR count). The SMILES string of the molecule is C#CC1([C@H](NC(=O)OC(C)(C)C)C(=O)OC)CS(=O)(=O)C1. The van der Waals surface area contributed by atoms with E-state index in [4.69, 9.17) is 11.2 Å². The first-order valence-corrected chi connectivity index (χ1v) is 8.02. The van der Waals surface area contributed by atoms with E-state index in [0.717, 1.165) is 7.11 Å². The predicted octanol–water partition coefficient (Wildman–Crippen LogP) is 0.101. The molecule has 21 heavy (non-hydrogen) atoms. The second-order valence-electron chi connectivity index (χ2n) is 5.94. The molecule has 0 unspecified atom stereocenters. The summed E-state index contributed by atoms with van der Waals surface area (Å²) < 4.78 is 32.4. The molecule has 0 spiro atoms. The fourth-order valence-corrected chi connectivity index (χ4v) is 4.03. The Balaban J connectivity index is 2.96. The van der Waals surface area contributed by atoms with E-state index >= 15 is 0 Å². The van der Waals surface area contributed by atoms with E-state index in [0.29, 0.717) is 0 Å². The molecule has 1 saturated heterocycles. The van der Waals surface area contributed by atoms with Gasteiger partial charge in [0.1, 0.15) is 11.6 Å². The van der Waals surface area contributed by atoms with Crippen LogP contribution >= 0.6 is 0 Å². The molecular formula is C13H19NO6S. The molecule has 1 amide bonds. The van der Waals surface area contributed by atoms with E-state index in [-0.39, 0.29) is 11.5 Å². The summed E-state index contributed by atoms with van der Waals surface area (Å²) >= 11 is 0. The van der Waals surface area contributed by atoms with Crippen LogP contribution in [0.2, 0.25) is 0 Å². The monoisotopic (exact) mass is 317 g/mol. The molecule has 7 nitrogen and oxygen atoms in total. The lowest BCUT2D eigenvalue weighted by atomic mass is 9.84. The van der Waals surface area contributed by atoms with Crippen molar-refractivity contribution >= 4 is 21.9 Å². The van der Waals surface area contributed by atoms with Crippen molar-refractivity contribution in [3.63, 3.8) is 0 Å². The van der Waals surface area contributed by atoms with E-state index in [2.05, 4.69) is 16.0 Å². The van der Waals surface area contributed by atoms with Gasteiger partial charge in [0.15, 0.2) is 9.84 Å². The van der Waals surface area contributed by atoms with Gasteiger partial charge in [0.2, 0.25) is 0 Å². The van der Waals surface area contributed by atoms with Crippen molar-refractivity contribution in [1.29, 1.82) is 0 Å². The molecule has 0 aromatic heterocycles. The van der Waals surface area contributed by atoms with Crippen LogP contribution in [0.15, 0.2) is 0 Å². The minimum absolute atomic E-state index is 0.383. The fraction of sp³-hybridized carbons (Fsp3) is 0.692. The average molecular weight is 317 g/mol. The molecule has 1 aliphatic rings. The molecule has 0 radical (unpaired) electrons. The number of hydrogen-bond acceptors (Lipinski definition) is 6. The van der Waals surface area contributed by atoms with Crippen molar-refractivity contribution in [1.82, 2.24) is 5.32 Å². The third-order valence-electron chi connectivity index (χ3n) is 2.89. The summed E-state index contributed by atoms with van der Waals surface area (Å²) in [5.41, 5.74) is -2.07. The zero-order valence-electron chi connectivity index (χ0n) is 12.4. The number of alkyl carbamates (subject to hydrolysis) is 1. The molecule has 8 heteroatoms. The Kier molecular flexibility index (Phi) is 4.58. The zero-order valence-corrected chi connectivity index (χ0v) is 13.2. The van der Waals surface area contributed by atoms with Crippen molar-refractivity contribution in [2.45, 2.75) is 32.4 Å². The van der Waals surface area contributed by atoms with Gasteiger partial charge < -0.3 is 14.8 Å². The van der Waals surface area contributed by atoms with Crippen molar-refractivity contribution in [2.24, 2.45) is 5.41 Å². The number of esters is 1. The molecule has 0 aromatic carbocycles. The van der Waals surface area contributed by atoms with E-state index < -0.39 is 39.0 Å². The number of hydrogen-bond donors (Lipinski definition) is 1. The van der Waals surface area contributed by atoms with Crippen LogP contribution in [0.4, 0.5) is 4.79 Å². The highest BCUT2D eigenvalue weighted by molar-refractivity contribution is 7.92. The van der Waals surface area contributed by atoms with Gasteiger partial charge in [-0.05, 0) is 20.8 Å². The van der Waals surface area contributed by atoms with E-state index in [1.807, 2.05) is 0 Å². The van der Waals surface area contributed by atoms with Gasteiger partial charge in [0, 0.05) is 0 Å². The summed E-state index contributed by atoms with van der Waals surface area (Å²) in [7, 11) is -2.17. The van der Waals surface area contributed by atoms with Crippen LogP contribution in [0.1, 0.15) is 20.8 Å². The summed E-state index contributed by atoms with van der Waals surface area (Å²) in [5.74, 6) is 0.727. The number of amides is 1. The number of nitrogens with one attached hydrogen (secondary N) is 1. The van der Waals surface area contributed by atoms with Gasteiger partial charge in [0.25, 0.3) is 0 Å². The first kappa shape index (κ1) is 17.3. The Morgan fingerprint density at radius 1 is 1.33 bits per heavy atom. The Bertz CT molecular complexity index is 569. The van der Waals surface area contributed by atoms with Crippen molar-refractivity contribution in [3.8, 4) is 12.3 Å². The maximum atomic E-state index is 11.8. The average Bonchev–Trinajstić information content (AvgIpc) is 2.29. The molecule has 1 aliphatic heterocycles. The van der Waals surface area contributed by atoms with Gasteiger partial charge in [-0.15, -0.1) is 6.42 Å². The number of carbonyl (C=O) groups excluding carboxylic acids is 2. The molecular weight excluding hydrogens is 298 g/mol. The molecule has 1 heterocycles. The lowest BCUT2D eigenvalue weighted by Gasteiger charge is -2.41. The molecule has 1 N–H and O–H groups in total. The zero-order chi connectivity index (χ0) is 16.5. The number of carbonyl (C=O) groups is 2. The van der Waals surface area contributed by atoms with Crippen LogP contribution in [0, 0.1) is 17.8 Å². The number of terminal acetylenes is 1. The Morgan fingerprint density at radius 3 is 2.19 bits per heavy atom. The Labute approximate surface area is 124 Å². The lowest BCUT2D eigenvalue weighted by molar-refractivity contribution is -0.145. The Hall–Kier alpha value is -1.75. The number of ether oxygens (including phenoxy) is 2. The topological polar surface area (TPSA) is 98.8 Å². The highest BCUT2D eigenvalue weighted by atomic mass is 32.2. The standard InChI is InChI=1S/C13H19NO6S/c1-6-13(7-21(17,18)8-13)9(10(15)19-5)14-11(16)20-12(2,3)4/h1,9H,7-8H2,2-5H3,(H,14,16)/t9-/m1/s1. The van der Waals surface area contributed by atoms with E-state index in [9.17, 15) is 18.0 Å². The Morgan fingerprint density at radius 2 is 1.86 bits per heavy atom. The molecule has 0 saturated carbocycles. The maximum absolute atomic E-state index is 11.8. The smallest absolute Gasteiger partial charge is 0.408 e. The second kappa shape index (κ2) is 5.56. The maximum Gasteiger partial charge on any atom is 0.408 e. The predicted molar refractivity (Wildman–Crippen MR) is 75.1 cm³/mol. The molecule has 0 bridgehead atoms. The highest BCUT2D eigenvalue weighted by Gasteiger charge is 2.56. The third-order valence-corrected chi connectivity index (χ3v) is 4.80. The van der Waals surface area contributed by atoms with Crippen molar-refractivity contribution in [3.05, 3.63) is 0 Å². The summed E-state index contributed by atoms with van der Waals surface area (Å²) in [4.78, 5) is 23.6. The van der Waals surface area contributed by atoms with E-state index in [1.165, 1.54) is 0 Å². The summed E-state index contributed by atoms with van der Waals surface area (Å²) in [6.07, 6.45) is 4.51. The van der Waals surface area contributed by atoms with E-state index in [1.54, 1.807) is 20.8 Å². The summed E-state index contributed by atoms with van der Waals surface area (Å²) in [6.45, 7) is 4.97. The minimum atomic E-state index is -3.30. The van der Waals surface area contributed by atoms with Crippen LogP contribution in [-0.2, 0) is 24.1 Å². The van der Waals surface area contributed by atoms with Crippen molar-refractivity contribution < 1.29 is 27.5 Å².